The van der Waals surface area contributed by atoms with Gasteiger partial charge in [0.05, 0.1) is 5.92 Å². The molecular weight excluding hydrogens is 304 g/mol. The average molecular weight is 328 g/mol. The Hall–Kier alpha value is -2.10. The summed E-state index contributed by atoms with van der Waals surface area (Å²) in [5.41, 5.74) is 2.18. The van der Waals surface area contributed by atoms with Crippen molar-refractivity contribution >= 4 is 12.4 Å². The minimum Gasteiger partial charge on any atom is -0.461 e. The number of carbonyl (C=O) groups excluding carboxylic acids is 2. The van der Waals surface area contributed by atoms with Gasteiger partial charge in [-0.2, -0.15) is 0 Å². The summed E-state index contributed by atoms with van der Waals surface area (Å²) in [5, 5.41) is 0. The molecule has 0 aromatic heterocycles. The largest absolute Gasteiger partial charge is 0.461 e. The Labute approximate surface area is 142 Å². The van der Waals surface area contributed by atoms with Gasteiger partial charge in [-0.15, -0.1) is 0 Å². The SMILES string of the molecule is C=C1C[C@@H](OC(=O)C2C=CC(C3=CCCC=C3)CC2)C[C@H]1OC=O. The minimum absolute atomic E-state index is 0.172. The third-order valence-electron chi connectivity index (χ3n) is 5.04. The molecule has 0 aliphatic heterocycles. The van der Waals surface area contributed by atoms with E-state index >= 15 is 0 Å². The van der Waals surface area contributed by atoms with E-state index in [1.807, 2.05) is 6.08 Å². The van der Waals surface area contributed by atoms with Crippen LogP contribution >= 0.6 is 0 Å². The summed E-state index contributed by atoms with van der Waals surface area (Å²) in [6.45, 7) is 4.31. The first-order valence-corrected chi connectivity index (χ1v) is 8.69. The van der Waals surface area contributed by atoms with E-state index in [1.165, 1.54) is 5.57 Å². The average Bonchev–Trinajstić information content (AvgIpc) is 2.95. The molecule has 4 nitrogen and oxygen atoms in total. The number of hydrogen-bond donors (Lipinski definition) is 0. The molecule has 0 N–H and O–H groups in total. The van der Waals surface area contributed by atoms with Gasteiger partial charge in [-0.25, -0.2) is 0 Å². The summed E-state index contributed by atoms with van der Waals surface area (Å²) >= 11 is 0. The van der Waals surface area contributed by atoms with Gasteiger partial charge in [0.1, 0.15) is 12.2 Å². The Morgan fingerprint density at radius 1 is 1.25 bits per heavy atom. The zero-order valence-corrected chi connectivity index (χ0v) is 13.9. The van der Waals surface area contributed by atoms with Gasteiger partial charge in [0.2, 0.25) is 0 Å². The Morgan fingerprint density at radius 3 is 2.79 bits per heavy atom. The third-order valence-corrected chi connectivity index (χ3v) is 5.04. The van der Waals surface area contributed by atoms with Crippen LogP contribution in [0, 0.1) is 11.8 Å². The molecule has 0 amide bonds. The van der Waals surface area contributed by atoms with E-state index in [0.717, 1.165) is 31.3 Å². The fourth-order valence-corrected chi connectivity index (χ4v) is 3.68. The quantitative estimate of drug-likeness (QED) is 0.439. The molecule has 3 aliphatic rings. The van der Waals surface area contributed by atoms with Crippen molar-refractivity contribution in [1.29, 1.82) is 0 Å². The standard InChI is InChI=1S/C20H24O4/c1-14-11-18(12-19(14)23-13-21)24-20(22)17-9-7-16(8-10-17)15-5-3-2-4-6-15/h3,5-7,9,13,16-19H,1-2,4,8,10-12H2/t16?,17?,18-,19-/m1/s1. The lowest BCUT2D eigenvalue weighted by Crippen LogP contribution is -2.25. The maximum atomic E-state index is 12.4. The van der Waals surface area contributed by atoms with Gasteiger partial charge in [0, 0.05) is 18.8 Å². The van der Waals surface area contributed by atoms with Crippen molar-refractivity contribution in [2.24, 2.45) is 11.8 Å². The highest BCUT2D eigenvalue weighted by Gasteiger charge is 2.33. The molecule has 4 heteroatoms. The Bertz CT molecular complexity index is 599. The molecule has 1 fully saturated rings. The molecule has 2 unspecified atom stereocenters. The molecule has 1 saturated carbocycles. The second-order valence-corrected chi connectivity index (χ2v) is 6.74. The first-order valence-electron chi connectivity index (χ1n) is 8.69. The molecule has 0 heterocycles. The number of allylic oxidation sites excluding steroid dienone is 5. The van der Waals surface area contributed by atoms with Gasteiger partial charge in [0.15, 0.2) is 0 Å². The minimum atomic E-state index is -0.323. The maximum absolute atomic E-state index is 12.4. The lowest BCUT2D eigenvalue weighted by atomic mass is 9.82. The van der Waals surface area contributed by atoms with Crippen molar-refractivity contribution < 1.29 is 19.1 Å². The van der Waals surface area contributed by atoms with Gasteiger partial charge >= 0.3 is 5.97 Å². The van der Waals surface area contributed by atoms with Crippen LogP contribution in [0.1, 0.15) is 38.5 Å². The van der Waals surface area contributed by atoms with Crippen molar-refractivity contribution in [1.82, 2.24) is 0 Å². The number of hydrogen-bond acceptors (Lipinski definition) is 4. The third kappa shape index (κ3) is 3.86. The Balaban J connectivity index is 1.52. The molecule has 0 saturated heterocycles. The zero-order valence-electron chi connectivity index (χ0n) is 13.9. The highest BCUT2D eigenvalue weighted by Crippen LogP contribution is 2.33. The fourth-order valence-electron chi connectivity index (χ4n) is 3.68. The van der Waals surface area contributed by atoms with E-state index in [0.29, 0.717) is 25.2 Å². The van der Waals surface area contributed by atoms with Gasteiger partial charge < -0.3 is 9.47 Å². The Kier molecular flexibility index (Phi) is 5.34. The molecule has 24 heavy (non-hydrogen) atoms. The molecule has 0 bridgehead atoms. The van der Waals surface area contributed by atoms with Crippen LogP contribution in [0.5, 0.6) is 0 Å². The van der Waals surface area contributed by atoms with Gasteiger partial charge in [-0.3, -0.25) is 9.59 Å². The molecule has 0 spiro atoms. The lowest BCUT2D eigenvalue weighted by Gasteiger charge is -2.24. The van der Waals surface area contributed by atoms with Crippen LogP contribution in [0.25, 0.3) is 0 Å². The van der Waals surface area contributed by atoms with E-state index < -0.39 is 0 Å². The van der Waals surface area contributed by atoms with Crippen LogP contribution in [-0.4, -0.2) is 24.6 Å². The van der Waals surface area contributed by atoms with Crippen molar-refractivity contribution in [2.75, 3.05) is 0 Å². The van der Waals surface area contributed by atoms with Crippen LogP contribution in [0.2, 0.25) is 0 Å². The molecule has 128 valence electrons. The Morgan fingerprint density at radius 2 is 2.12 bits per heavy atom. The second kappa shape index (κ2) is 7.65. The smallest absolute Gasteiger partial charge is 0.313 e. The molecule has 3 aliphatic carbocycles. The summed E-state index contributed by atoms with van der Waals surface area (Å²) in [6, 6.07) is 0. The van der Waals surface area contributed by atoms with E-state index in [1.54, 1.807) is 0 Å². The molecule has 0 radical (unpaired) electrons. The van der Waals surface area contributed by atoms with Crippen LogP contribution in [0.3, 0.4) is 0 Å². The lowest BCUT2D eigenvalue weighted by molar-refractivity contribution is -0.152. The normalized spacial score (nSPS) is 32.3. The number of esters is 1. The predicted octanol–water partition coefficient (Wildman–Crippen LogP) is 3.65. The van der Waals surface area contributed by atoms with Crippen molar-refractivity contribution in [2.45, 2.75) is 50.7 Å². The molecule has 0 aromatic carbocycles. The summed E-state index contributed by atoms with van der Waals surface area (Å²) < 4.78 is 10.6. The zero-order chi connectivity index (χ0) is 16.9. The number of ether oxygens (including phenoxy) is 2. The topological polar surface area (TPSA) is 52.6 Å². The summed E-state index contributed by atoms with van der Waals surface area (Å²) in [5.74, 6) is 0.0679. The van der Waals surface area contributed by atoms with Crippen molar-refractivity contribution in [3.05, 3.63) is 48.1 Å². The van der Waals surface area contributed by atoms with Gasteiger partial charge in [-0.1, -0.05) is 37.0 Å². The first kappa shape index (κ1) is 16.7. The van der Waals surface area contributed by atoms with Crippen LogP contribution in [-0.2, 0) is 19.1 Å². The maximum Gasteiger partial charge on any atom is 0.313 e. The van der Waals surface area contributed by atoms with Gasteiger partial charge in [0.25, 0.3) is 6.47 Å². The van der Waals surface area contributed by atoms with E-state index in [4.69, 9.17) is 9.47 Å². The van der Waals surface area contributed by atoms with E-state index in [-0.39, 0.29) is 24.1 Å². The highest BCUT2D eigenvalue weighted by atomic mass is 16.6. The van der Waals surface area contributed by atoms with Crippen molar-refractivity contribution in [3.63, 3.8) is 0 Å². The van der Waals surface area contributed by atoms with Crippen LogP contribution in [0.4, 0.5) is 0 Å². The van der Waals surface area contributed by atoms with Crippen LogP contribution in [0.15, 0.2) is 48.1 Å². The summed E-state index contributed by atoms with van der Waals surface area (Å²) in [7, 11) is 0. The first-order chi connectivity index (χ1) is 11.7. The fraction of sp³-hybridized carbons (Fsp3) is 0.500. The van der Waals surface area contributed by atoms with Gasteiger partial charge in [-0.05, 0) is 36.8 Å². The molecular formula is C20H24O4. The molecule has 0 aromatic rings. The highest BCUT2D eigenvalue weighted by molar-refractivity contribution is 5.75. The molecule has 3 rings (SSSR count). The van der Waals surface area contributed by atoms with E-state index in [2.05, 4.69) is 30.9 Å². The summed E-state index contributed by atoms with van der Waals surface area (Å²) in [6.07, 6.45) is 15.4. The van der Waals surface area contributed by atoms with Crippen LogP contribution < -0.4 is 0 Å². The second-order valence-electron chi connectivity index (χ2n) is 6.74. The monoisotopic (exact) mass is 328 g/mol. The van der Waals surface area contributed by atoms with E-state index in [9.17, 15) is 9.59 Å². The molecule has 4 atom stereocenters. The number of rotatable bonds is 5. The summed E-state index contributed by atoms with van der Waals surface area (Å²) in [4.78, 5) is 22.8. The predicted molar refractivity (Wildman–Crippen MR) is 91.0 cm³/mol. The van der Waals surface area contributed by atoms with Crippen molar-refractivity contribution in [3.8, 4) is 0 Å². The number of carbonyl (C=O) groups is 2.